The number of carbonyl (C=O) groups excluding carboxylic acids is 1. The molecular weight excluding hydrogens is 482 g/mol. The van der Waals surface area contributed by atoms with Crippen LogP contribution in [0.5, 0.6) is 0 Å². The number of aromatic nitrogens is 4. The van der Waals surface area contributed by atoms with Gasteiger partial charge < -0.3 is 5.32 Å². The molecule has 1 amide bonds. The number of aryl methyl sites for hydroxylation is 1. The van der Waals surface area contributed by atoms with E-state index in [1.165, 1.54) is 19.9 Å². The van der Waals surface area contributed by atoms with E-state index in [1.807, 2.05) is 0 Å². The molecule has 1 N–H and O–H groups in total. The fourth-order valence-electron chi connectivity index (χ4n) is 3.22. The minimum absolute atomic E-state index is 0.172. The van der Waals surface area contributed by atoms with Crippen molar-refractivity contribution in [2.45, 2.75) is 46.5 Å². The van der Waals surface area contributed by atoms with Gasteiger partial charge in [0.1, 0.15) is 11.9 Å². The summed E-state index contributed by atoms with van der Waals surface area (Å²) in [5, 5.41) is 10.7. The number of nitrogens with zero attached hydrogens (tertiary/aromatic N) is 4. The molecule has 0 radical (unpaired) electrons. The van der Waals surface area contributed by atoms with Gasteiger partial charge in [-0.3, -0.25) is 14.2 Å². The molecule has 0 bridgehead atoms. The molecule has 11 heteroatoms. The average Bonchev–Trinajstić information content (AvgIpc) is 3.13. The monoisotopic (exact) mass is 501 g/mol. The molecule has 0 saturated heterocycles. The summed E-state index contributed by atoms with van der Waals surface area (Å²) in [7, 11) is 0. The number of anilines is 1. The topological polar surface area (TPSA) is 64.7 Å². The maximum absolute atomic E-state index is 14.0. The summed E-state index contributed by atoms with van der Waals surface area (Å²) in [6.45, 7) is 6.47. The van der Waals surface area contributed by atoms with E-state index in [4.69, 9.17) is 0 Å². The third-order valence-corrected chi connectivity index (χ3v) is 5.95. The predicted octanol–water partition coefficient (Wildman–Crippen LogP) is 5.17. The number of halogens is 5. The highest BCUT2D eigenvalue weighted by Gasteiger charge is 2.39. The Morgan fingerprint density at radius 3 is 2.39 bits per heavy atom. The molecule has 31 heavy (non-hydrogen) atoms. The molecule has 2 heterocycles. The van der Waals surface area contributed by atoms with Gasteiger partial charge in [0, 0.05) is 5.56 Å². The quantitative estimate of drug-likeness (QED) is 0.490. The number of alkyl halides is 3. The molecular formula is C20H20BrF4N5O. The van der Waals surface area contributed by atoms with E-state index in [1.54, 1.807) is 36.7 Å². The molecule has 0 aliphatic heterocycles. The molecule has 0 spiro atoms. The summed E-state index contributed by atoms with van der Waals surface area (Å²) in [5.41, 5.74) is 1.05. The van der Waals surface area contributed by atoms with Crippen LogP contribution >= 0.6 is 15.9 Å². The van der Waals surface area contributed by atoms with Gasteiger partial charge in [0.15, 0.2) is 5.69 Å². The Balaban J connectivity index is 1.84. The lowest BCUT2D eigenvalue weighted by Gasteiger charge is -2.15. The lowest BCUT2D eigenvalue weighted by Crippen LogP contribution is -2.26. The van der Waals surface area contributed by atoms with Crippen LogP contribution < -0.4 is 5.32 Å². The molecule has 6 nitrogen and oxygen atoms in total. The Kier molecular flexibility index (Phi) is 6.26. The Morgan fingerprint density at radius 1 is 1.16 bits per heavy atom. The van der Waals surface area contributed by atoms with Crippen LogP contribution in [0.25, 0.3) is 0 Å². The Bertz CT molecular complexity index is 1140. The number of nitrogens with one attached hydrogen (secondary N) is 1. The molecule has 1 atom stereocenters. The first-order valence-electron chi connectivity index (χ1n) is 9.31. The maximum Gasteiger partial charge on any atom is 0.436 e. The van der Waals surface area contributed by atoms with E-state index in [-0.39, 0.29) is 22.5 Å². The lowest BCUT2D eigenvalue weighted by molar-refractivity contribution is -0.142. The molecule has 0 aliphatic rings. The van der Waals surface area contributed by atoms with Crippen LogP contribution in [0.3, 0.4) is 0 Å². The van der Waals surface area contributed by atoms with E-state index >= 15 is 0 Å². The van der Waals surface area contributed by atoms with Gasteiger partial charge in [-0.2, -0.15) is 23.4 Å². The highest BCUT2D eigenvalue weighted by Crippen LogP contribution is 2.36. The van der Waals surface area contributed by atoms with Crippen molar-refractivity contribution in [3.63, 3.8) is 0 Å². The normalized spacial score (nSPS) is 12.8. The Labute approximate surface area is 184 Å². The first kappa shape index (κ1) is 23.0. The summed E-state index contributed by atoms with van der Waals surface area (Å²) in [4.78, 5) is 12.8. The van der Waals surface area contributed by atoms with Crippen molar-refractivity contribution in [3.8, 4) is 0 Å². The van der Waals surface area contributed by atoms with Crippen LogP contribution in [0, 0.1) is 26.6 Å². The Morgan fingerprint density at radius 2 is 1.81 bits per heavy atom. The van der Waals surface area contributed by atoms with Gasteiger partial charge in [0.05, 0.1) is 33.8 Å². The minimum Gasteiger partial charge on any atom is -0.321 e. The van der Waals surface area contributed by atoms with Gasteiger partial charge in [-0.15, -0.1) is 0 Å². The van der Waals surface area contributed by atoms with Gasteiger partial charge in [-0.05, 0) is 49.7 Å². The van der Waals surface area contributed by atoms with Crippen molar-refractivity contribution >= 4 is 27.5 Å². The van der Waals surface area contributed by atoms with E-state index in [9.17, 15) is 22.4 Å². The molecule has 3 rings (SSSR count). The molecule has 1 unspecified atom stereocenters. The third kappa shape index (κ3) is 4.51. The first-order valence-corrected chi connectivity index (χ1v) is 10.1. The molecule has 166 valence electrons. The number of hydrogen-bond donors (Lipinski definition) is 1. The number of benzene rings is 1. The number of rotatable bonds is 5. The van der Waals surface area contributed by atoms with Crippen LogP contribution in [-0.2, 0) is 17.5 Å². The van der Waals surface area contributed by atoms with Crippen LogP contribution in [0.1, 0.15) is 41.3 Å². The van der Waals surface area contributed by atoms with Crippen LogP contribution in [0.15, 0.2) is 28.7 Å². The number of amides is 1. The summed E-state index contributed by atoms with van der Waals surface area (Å²) in [6, 6.07) is 5.29. The summed E-state index contributed by atoms with van der Waals surface area (Å²) >= 11 is 2.91. The minimum atomic E-state index is -4.65. The summed E-state index contributed by atoms with van der Waals surface area (Å²) < 4.78 is 55.7. The zero-order valence-electron chi connectivity index (χ0n) is 17.2. The fourth-order valence-corrected chi connectivity index (χ4v) is 3.70. The highest BCUT2D eigenvalue weighted by atomic mass is 79.9. The van der Waals surface area contributed by atoms with Crippen LogP contribution in [0.4, 0.5) is 23.2 Å². The predicted molar refractivity (Wildman–Crippen MR) is 110 cm³/mol. The van der Waals surface area contributed by atoms with Crippen molar-refractivity contribution in [2.24, 2.45) is 0 Å². The standard InChI is InChI=1S/C20H20BrF4N5O/c1-10-17(12(3)29(27-10)9-14-7-5-6-8-15(14)22)26-19(31)13(4)30-11(2)16(21)18(28-30)20(23,24)25/h5-8,13H,9H2,1-4H3,(H,26,31). The van der Waals surface area contributed by atoms with Gasteiger partial charge >= 0.3 is 6.18 Å². The van der Waals surface area contributed by atoms with Gasteiger partial charge in [-0.25, -0.2) is 4.39 Å². The Hall–Kier alpha value is -2.69. The molecule has 0 saturated carbocycles. The van der Waals surface area contributed by atoms with Crippen LogP contribution in [-0.4, -0.2) is 25.5 Å². The second kappa shape index (κ2) is 8.45. The maximum atomic E-state index is 14.0. The van der Waals surface area contributed by atoms with Crippen LogP contribution in [0.2, 0.25) is 0 Å². The second-order valence-corrected chi connectivity index (χ2v) is 7.94. The van der Waals surface area contributed by atoms with Crippen molar-refractivity contribution in [2.75, 3.05) is 5.32 Å². The van der Waals surface area contributed by atoms with E-state index in [0.29, 0.717) is 22.6 Å². The average molecular weight is 502 g/mol. The molecule has 2 aromatic heterocycles. The first-order chi connectivity index (χ1) is 14.4. The van der Waals surface area contributed by atoms with Gasteiger partial charge in [0.25, 0.3) is 0 Å². The lowest BCUT2D eigenvalue weighted by atomic mass is 10.2. The van der Waals surface area contributed by atoms with E-state index in [0.717, 1.165) is 4.68 Å². The number of hydrogen-bond acceptors (Lipinski definition) is 3. The van der Waals surface area contributed by atoms with E-state index in [2.05, 4.69) is 31.4 Å². The summed E-state index contributed by atoms with van der Waals surface area (Å²) in [5.74, 6) is -0.919. The van der Waals surface area contributed by atoms with E-state index < -0.39 is 23.8 Å². The SMILES string of the molecule is Cc1nn(Cc2ccccc2F)c(C)c1NC(=O)C(C)n1nc(C(F)(F)F)c(Br)c1C. The molecule has 0 aliphatic carbocycles. The highest BCUT2D eigenvalue weighted by molar-refractivity contribution is 9.10. The van der Waals surface area contributed by atoms with Crippen molar-refractivity contribution in [1.29, 1.82) is 0 Å². The van der Waals surface area contributed by atoms with Crippen molar-refractivity contribution < 1.29 is 22.4 Å². The fraction of sp³-hybridized carbons (Fsp3) is 0.350. The number of carbonyl (C=O) groups is 1. The molecule has 1 aromatic carbocycles. The molecule has 0 fully saturated rings. The van der Waals surface area contributed by atoms with Crippen molar-refractivity contribution in [1.82, 2.24) is 19.6 Å². The smallest absolute Gasteiger partial charge is 0.321 e. The zero-order chi connectivity index (χ0) is 23.1. The van der Waals surface area contributed by atoms with Gasteiger partial charge in [-0.1, -0.05) is 18.2 Å². The summed E-state index contributed by atoms with van der Waals surface area (Å²) in [6.07, 6.45) is -4.65. The molecule has 3 aromatic rings. The second-order valence-electron chi connectivity index (χ2n) is 7.15. The third-order valence-electron chi connectivity index (χ3n) is 5.00. The van der Waals surface area contributed by atoms with Gasteiger partial charge in [0.2, 0.25) is 5.91 Å². The largest absolute Gasteiger partial charge is 0.436 e. The zero-order valence-corrected chi connectivity index (χ0v) is 18.8. The van der Waals surface area contributed by atoms with Crippen molar-refractivity contribution in [3.05, 3.63) is 62.9 Å².